The van der Waals surface area contributed by atoms with Gasteiger partial charge in [0, 0.05) is 12.1 Å². The molecule has 34 heavy (non-hydrogen) atoms. The van der Waals surface area contributed by atoms with Gasteiger partial charge in [-0.3, -0.25) is 0 Å². The highest BCUT2D eigenvalue weighted by Gasteiger charge is 2.33. The Hall–Kier alpha value is -3.19. The largest absolute Gasteiger partial charge is 0.573 e. The topological polar surface area (TPSA) is 41.9 Å². The zero-order valence-corrected chi connectivity index (χ0v) is 19.3. The quantitative estimate of drug-likeness (QED) is 0.445. The Bertz CT molecular complexity index is 1150. The Morgan fingerprint density at radius 2 is 1.79 bits per heavy atom. The van der Waals surface area contributed by atoms with E-state index in [0.717, 1.165) is 16.8 Å². The number of halogens is 3. The summed E-state index contributed by atoms with van der Waals surface area (Å²) in [5.41, 5.74) is 4.21. The SMILES string of the molecule is Cc1cccc(C2COc3c(-c4cccc(OC(F)(F)F)c4)cccc3N2CC(O)C(C)C)c1. The number of benzene rings is 3. The van der Waals surface area contributed by atoms with Gasteiger partial charge in [-0.25, -0.2) is 0 Å². The number of hydrogen-bond acceptors (Lipinski definition) is 4. The van der Waals surface area contributed by atoms with Crippen LogP contribution in [0.1, 0.15) is 31.0 Å². The number of ether oxygens (including phenoxy) is 2. The van der Waals surface area contributed by atoms with Gasteiger partial charge in [0.05, 0.1) is 17.8 Å². The molecule has 1 aliphatic heterocycles. The molecule has 0 saturated carbocycles. The van der Waals surface area contributed by atoms with Gasteiger partial charge in [-0.15, -0.1) is 13.2 Å². The zero-order chi connectivity index (χ0) is 24.5. The third kappa shape index (κ3) is 5.30. The molecule has 1 heterocycles. The van der Waals surface area contributed by atoms with E-state index in [1.165, 1.54) is 18.2 Å². The lowest BCUT2D eigenvalue weighted by molar-refractivity contribution is -0.274. The summed E-state index contributed by atoms with van der Waals surface area (Å²) in [4.78, 5) is 2.14. The van der Waals surface area contributed by atoms with E-state index in [9.17, 15) is 18.3 Å². The average molecular weight is 472 g/mol. The Morgan fingerprint density at radius 1 is 1.06 bits per heavy atom. The summed E-state index contributed by atoms with van der Waals surface area (Å²) in [6.45, 7) is 6.71. The van der Waals surface area contributed by atoms with Crippen LogP contribution in [0.5, 0.6) is 11.5 Å². The first-order valence-corrected chi connectivity index (χ1v) is 11.3. The van der Waals surface area contributed by atoms with Gasteiger partial charge in [-0.1, -0.05) is 67.9 Å². The number of aliphatic hydroxyl groups is 1. The zero-order valence-electron chi connectivity index (χ0n) is 19.3. The average Bonchev–Trinajstić information content (AvgIpc) is 2.77. The Kier molecular flexibility index (Phi) is 6.75. The third-order valence-corrected chi connectivity index (χ3v) is 6.02. The molecule has 0 spiro atoms. The third-order valence-electron chi connectivity index (χ3n) is 6.02. The van der Waals surface area contributed by atoms with Crippen LogP contribution in [0.25, 0.3) is 11.1 Å². The molecule has 0 saturated heterocycles. The number of para-hydroxylation sites is 1. The molecular weight excluding hydrogens is 443 g/mol. The van der Waals surface area contributed by atoms with E-state index in [1.807, 2.05) is 57.2 Å². The van der Waals surface area contributed by atoms with Crippen LogP contribution in [-0.4, -0.2) is 30.7 Å². The van der Waals surface area contributed by atoms with Crippen LogP contribution in [0.4, 0.5) is 18.9 Å². The molecule has 4 nitrogen and oxygen atoms in total. The molecule has 4 rings (SSSR count). The van der Waals surface area contributed by atoms with Crippen LogP contribution < -0.4 is 14.4 Å². The van der Waals surface area contributed by atoms with E-state index in [-0.39, 0.29) is 17.7 Å². The fourth-order valence-corrected chi connectivity index (χ4v) is 4.20. The van der Waals surface area contributed by atoms with Crippen molar-refractivity contribution in [1.82, 2.24) is 0 Å². The van der Waals surface area contributed by atoms with Gasteiger partial charge in [-0.2, -0.15) is 0 Å². The minimum Gasteiger partial charge on any atom is -0.488 e. The second-order valence-electron chi connectivity index (χ2n) is 8.93. The van der Waals surface area contributed by atoms with Gasteiger partial charge in [0.25, 0.3) is 0 Å². The van der Waals surface area contributed by atoms with E-state index in [4.69, 9.17) is 4.74 Å². The molecule has 7 heteroatoms. The smallest absolute Gasteiger partial charge is 0.488 e. The van der Waals surface area contributed by atoms with E-state index < -0.39 is 12.5 Å². The number of rotatable bonds is 6. The molecule has 2 unspecified atom stereocenters. The van der Waals surface area contributed by atoms with Crippen LogP contribution in [-0.2, 0) is 0 Å². The van der Waals surface area contributed by atoms with Crippen LogP contribution in [0.3, 0.4) is 0 Å². The highest BCUT2D eigenvalue weighted by Crippen LogP contribution is 2.46. The lowest BCUT2D eigenvalue weighted by Crippen LogP contribution is -2.42. The number of anilines is 1. The van der Waals surface area contributed by atoms with Crippen molar-refractivity contribution in [2.24, 2.45) is 5.92 Å². The van der Waals surface area contributed by atoms with Crippen LogP contribution in [0.2, 0.25) is 0 Å². The predicted molar refractivity (Wildman–Crippen MR) is 126 cm³/mol. The van der Waals surface area contributed by atoms with Crippen molar-refractivity contribution >= 4 is 5.69 Å². The summed E-state index contributed by atoms with van der Waals surface area (Å²) in [6.07, 6.45) is -5.33. The van der Waals surface area contributed by atoms with Crippen LogP contribution in [0, 0.1) is 12.8 Å². The summed E-state index contributed by atoms with van der Waals surface area (Å²) >= 11 is 0. The fourth-order valence-electron chi connectivity index (χ4n) is 4.20. The molecule has 0 amide bonds. The number of nitrogens with zero attached hydrogens (tertiary/aromatic N) is 1. The van der Waals surface area contributed by atoms with Crippen molar-refractivity contribution in [1.29, 1.82) is 0 Å². The first kappa shape index (κ1) is 24.0. The van der Waals surface area contributed by atoms with Crippen molar-refractivity contribution < 1.29 is 27.8 Å². The van der Waals surface area contributed by atoms with Gasteiger partial charge in [0.15, 0.2) is 5.75 Å². The number of β-amino-alcohol motifs (C(OH)–C–C–N with tert-alkyl or cyclic N) is 1. The second-order valence-corrected chi connectivity index (χ2v) is 8.93. The molecule has 1 aliphatic rings. The monoisotopic (exact) mass is 471 g/mol. The van der Waals surface area contributed by atoms with Crippen LogP contribution >= 0.6 is 0 Å². The Balaban J connectivity index is 1.77. The highest BCUT2D eigenvalue weighted by molar-refractivity contribution is 5.80. The van der Waals surface area contributed by atoms with E-state index >= 15 is 0 Å². The molecule has 0 fully saturated rings. The van der Waals surface area contributed by atoms with Gasteiger partial charge < -0.3 is 19.5 Å². The van der Waals surface area contributed by atoms with E-state index in [0.29, 0.717) is 30.0 Å². The van der Waals surface area contributed by atoms with Gasteiger partial charge in [0.2, 0.25) is 0 Å². The molecule has 2 atom stereocenters. The molecule has 0 bridgehead atoms. The number of aryl methyl sites for hydroxylation is 1. The summed E-state index contributed by atoms with van der Waals surface area (Å²) in [7, 11) is 0. The van der Waals surface area contributed by atoms with Crippen molar-refractivity contribution in [3.63, 3.8) is 0 Å². The summed E-state index contributed by atoms with van der Waals surface area (Å²) < 4.78 is 48.6. The molecule has 1 N–H and O–H groups in total. The maximum Gasteiger partial charge on any atom is 0.573 e. The van der Waals surface area contributed by atoms with Gasteiger partial charge in [0.1, 0.15) is 12.4 Å². The summed E-state index contributed by atoms with van der Waals surface area (Å²) in [6, 6.07) is 19.5. The normalized spacial score (nSPS) is 16.7. The minimum atomic E-state index is -4.77. The van der Waals surface area contributed by atoms with Crippen molar-refractivity contribution in [2.75, 3.05) is 18.1 Å². The van der Waals surface area contributed by atoms with Crippen molar-refractivity contribution in [3.8, 4) is 22.6 Å². The van der Waals surface area contributed by atoms with E-state index in [1.54, 1.807) is 6.07 Å². The lowest BCUT2D eigenvalue weighted by Gasteiger charge is -2.41. The van der Waals surface area contributed by atoms with Gasteiger partial charge >= 0.3 is 6.36 Å². The summed E-state index contributed by atoms with van der Waals surface area (Å²) in [5.74, 6) is 0.346. The molecule has 3 aromatic carbocycles. The lowest BCUT2D eigenvalue weighted by atomic mass is 9.96. The number of alkyl halides is 3. The number of fused-ring (bicyclic) bond motifs is 1. The Morgan fingerprint density at radius 3 is 2.50 bits per heavy atom. The molecule has 0 aromatic heterocycles. The van der Waals surface area contributed by atoms with Gasteiger partial charge in [-0.05, 0) is 42.2 Å². The molecular formula is C27H28F3NO3. The maximum atomic E-state index is 12.7. The highest BCUT2D eigenvalue weighted by atomic mass is 19.4. The maximum absolute atomic E-state index is 12.7. The van der Waals surface area contributed by atoms with Crippen molar-refractivity contribution in [2.45, 2.75) is 39.3 Å². The molecule has 180 valence electrons. The first-order valence-electron chi connectivity index (χ1n) is 11.3. The van der Waals surface area contributed by atoms with Crippen LogP contribution in [0.15, 0.2) is 66.7 Å². The first-order chi connectivity index (χ1) is 16.1. The summed E-state index contributed by atoms with van der Waals surface area (Å²) in [5, 5.41) is 10.7. The predicted octanol–water partition coefficient (Wildman–Crippen LogP) is 6.52. The second kappa shape index (κ2) is 9.58. The number of aliphatic hydroxyl groups excluding tert-OH is 1. The van der Waals surface area contributed by atoms with E-state index in [2.05, 4.69) is 15.7 Å². The molecule has 3 aromatic rings. The molecule has 0 aliphatic carbocycles. The standard InChI is InChI=1S/C27H28F3NO3/c1-17(2)25(32)15-31-23-12-6-11-22(19-8-5-10-21(14-19)34-27(28,29)30)26(23)33-16-24(31)20-9-4-7-18(3)13-20/h4-14,17,24-25,32H,15-16H2,1-3H3. The fraction of sp³-hybridized carbons (Fsp3) is 0.333. The Labute approximate surface area is 197 Å². The van der Waals surface area contributed by atoms with Crippen molar-refractivity contribution in [3.05, 3.63) is 77.9 Å². The minimum absolute atomic E-state index is 0.0591. The molecule has 0 radical (unpaired) electrons. The number of hydrogen-bond donors (Lipinski definition) is 1.